The molecule has 0 radical (unpaired) electrons. The second-order valence-electron chi connectivity index (χ2n) is 5.94. The maximum absolute atomic E-state index is 12.8. The highest BCUT2D eigenvalue weighted by molar-refractivity contribution is 5.76. The van der Waals surface area contributed by atoms with Gasteiger partial charge in [-0.05, 0) is 24.6 Å². The van der Waals surface area contributed by atoms with Gasteiger partial charge in [-0.1, -0.05) is 11.1 Å². The van der Waals surface area contributed by atoms with E-state index in [1.807, 2.05) is 16.8 Å². The molecule has 0 unspecified atom stereocenters. The summed E-state index contributed by atoms with van der Waals surface area (Å²) < 4.78 is 5.18. The number of aryl methyl sites for hydroxylation is 2. The monoisotopic (exact) mass is 346 g/mol. The number of fused-ring (bicyclic) bond motifs is 2. The van der Waals surface area contributed by atoms with Crippen molar-refractivity contribution in [2.24, 2.45) is 0 Å². The van der Waals surface area contributed by atoms with E-state index < -0.39 is 0 Å². The van der Waals surface area contributed by atoms with Gasteiger partial charge in [-0.25, -0.2) is 9.55 Å². The Bertz CT molecular complexity index is 1200. The number of anilines is 1. The van der Waals surface area contributed by atoms with E-state index in [2.05, 4.69) is 16.0 Å². The van der Waals surface area contributed by atoms with Crippen LogP contribution < -0.4 is 15.9 Å². The fraction of sp³-hybridized carbons (Fsp3) is 0.167. The first-order valence-corrected chi connectivity index (χ1v) is 8.18. The highest BCUT2D eigenvalue weighted by Crippen LogP contribution is 2.13. The minimum atomic E-state index is -0.217. The van der Waals surface area contributed by atoms with E-state index in [0.717, 1.165) is 13.0 Å². The molecular weight excluding hydrogens is 330 g/mol. The molecule has 4 rings (SSSR count). The number of nitrogen functional groups attached to an aromatic ring is 1. The van der Waals surface area contributed by atoms with E-state index in [0.29, 0.717) is 29.0 Å². The van der Waals surface area contributed by atoms with E-state index in [9.17, 15) is 10.1 Å². The second kappa shape index (κ2) is 6.29. The standard InChI is InChI=1S/C18H15N7O/c19-11-13-10-14-17(22-15-4-1-2-7-24(15)18(14)26)25(16(13)20)8-3-6-23-9-5-21-12-23/h1-2,4-5,7,9-10,12,20H,3,6,8H2/p+1. The molecular formula is C18H16N7O+. The average Bonchev–Trinajstić information content (AvgIpc) is 3.17. The van der Waals surface area contributed by atoms with Gasteiger partial charge in [-0.2, -0.15) is 5.26 Å². The zero-order valence-corrected chi connectivity index (χ0v) is 13.9. The lowest BCUT2D eigenvalue weighted by molar-refractivity contribution is -0.659. The third kappa shape index (κ3) is 2.56. The van der Waals surface area contributed by atoms with Crippen molar-refractivity contribution >= 4 is 22.5 Å². The van der Waals surface area contributed by atoms with Crippen LogP contribution in [-0.4, -0.2) is 18.9 Å². The molecule has 0 aliphatic rings. The summed E-state index contributed by atoms with van der Waals surface area (Å²) in [6.45, 7) is 1.28. The first-order valence-electron chi connectivity index (χ1n) is 8.18. The molecule has 0 aliphatic carbocycles. The first kappa shape index (κ1) is 15.8. The number of hydrogen-bond acceptors (Lipinski definition) is 5. The number of hydrogen-bond donors (Lipinski definition) is 1. The van der Waals surface area contributed by atoms with Crippen LogP contribution >= 0.6 is 0 Å². The van der Waals surface area contributed by atoms with Crippen molar-refractivity contribution in [1.29, 1.82) is 5.26 Å². The quantitative estimate of drug-likeness (QED) is 0.436. The Labute approximate surface area is 148 Å². The predicted molar refractivity (Wildman–Crippen MR) is 95.1 cm³/mol. The van der Waals surface area contributed by atoms with Gasteiger partial charge >= 0.3 is 0 Å². The van der Waals surface area contributed by atoms with Crippen molar-refractivity contribution in [2.75, 3.05) is 5.73 Å². The Morgan fingerprint density at radius 1 is 1.31 bits per heavy atom. The molecule has 0 saturated heterocycles. The highest BCUT2D eigenvalue weighted by Gasteiger charge is 2.20. The summed E-state index contributed by atoms with van der Waals surface area (Å²) >= 11 is 0. The summed E-state index contributed by atoms with van der Waals surface area (Å²) in [5.41, 5.74) is 7.27. The summed E-state index contributed by atoms with van der Waals surface area (Å²) in [4.78, 5) is 21.5. The van der Waals surface area contributed by atoms with Crippen LogP contribution in [0.2, 0.25) is 0 Å². The van der Waals surface area contributed by atoms with E-state index in [4.69, 9.17) is 5.73 Å². The van der Waals surface area contributed by atoms with Gasteiger partial charge < -0.3 is 10.3 Å². The Kier molecular flexibility index (Phi) is 3.82. The second-order valence-corrected chi connectivity index (χ2v) is 5.94. The SMILES string of the molecule is N#Cc1cc2c(=O)n3ccccc3nc2[n+](CCCn2ccnc2)c1N. The molecule has 0 fully saturated rings. The van der Waals surface area contributed by atoms with Crippen LogP contribution in [0.3, 0.4) is 0 Å². The van der Waals surface area contributed by atoms with Crippen LogP contribution in [-0.2, 0) is 13.1 Å². The Morgan fingerprint density at radius 3 is 2.96 bits per heavy atom. The molecule has 4 heterocycles. The van der Waals surface area contributed by atoms with E-state index in [1.54, 1.807) is 35.4 Å². The van der Waals surface area contributed by atoms with Crippen LogP contribution in [0.25, 0.3) is 16.7 Å². The molecule has 0 saturated carbocycles. The molecule has 4 aromatic heterocycles. The van der Waals surface area contributed by atoms with Gasteiger partial charge in [0.2, 0.25) is 11.5 Å². The summed E-state index contributed by atoms with van der Waals surface area (Å²) in [5, 5.41) is 9.77. The minimum absolute atomic E-state index is 0.217. The molecule has 0 bridgehead atoms. The molecule has 2 N–H and O–H groups in total. The molecule has 4 aromatic rings. The fourth-order valence-electron chi connectivity index (χ4n) is 3.05. The minimum Gasteiger partial charge on any atom is -0.337 e. The highest BCUT2D eigenvalue weighted by atomic mass is 16.1. The normalized spacial score (nSPS) is 11.0. The van der Waals surface area contributed by atoms with Gasteiger partial charge in [-0.3, -0.25) is 9.20 Å². The molecule has 0 atom stereocenters. The van der Waals surface area contributed by atoms with Crippen LogP contribution in [0, 0.1) is 11.3 Å². The van der Waals surface area contributed by atoms with Crippen LogP contribution in [0.4, 0.5) is 5.82 Å². The molecule has 0 aromatic carbocycles. The van der Waals surface area contributed by atoms with Gasteiger partial charge in [0.1, 0.15) is 17.0 Å². The van der Waals surface area contributed by atoms with Crippen molar-refractivity contribution in [1.82, 2.24) is 18.9 Å². The zero-order valence-electron chi connectivity index (χ0n) is 13.9. The van der Waals surface area contributed by atoms with Crippen LogP contribution in [0.5, 0.6) is 0 Å². The van der Waals surface area contributed by atoms with Gasteiger partial charge in [0.25, 0.3) is 11.2 Å². The lowest BCUT2D eigenvalue weighted by atomic mass is 10.2. The number of imidazole rings is 1. The van der Waals surface area contributed by atoms with E-state index in [-0.39, 0.29) is 11.1 Å². The molecule has 0 spiro atoms. The Morgan fingerprint density at radius 2 is 2.19 bits per heavy atom. The smallest absolute Gasteiger partial charge is 0.278 e. The Balaban J connectivity index is 1.87. The number of nitrogens with zero attached hydrogens (tertiary/aromatic N) is 6. The number of nitrogens with two attached hydrogens (primary N) is 1. The van der Waals surface area contributed by atoms with Crippen molar-refractivity contribution in [2.45, 2.75) is 19.5 Å². The van der Waals surface area contributed by atoms with Gasteiger partial charge in [0.15, 0.2) is 0 Å². The van der Waals surface area contributed by atoms with Gasteiger partial charge in [0.05, 0.1) is 12.9 Å². The molecule has 128 valence electrons. The Hall–Kier alpha value is -3.73. The van der Waals surface area contributed by atoms with Crippen LogP contribution in [0.15, 0.2) is 54.0 Å². The van der Waals surface area contributed by atoms with Crippen molar-refractivity contribution in [3.8, 4) is 6.07 Å². The maximum Gasteiger partial charge on any atom is 0.278 e. The van der Waals surface area contributed by atoms with Gasteiger partial charge in [-0.15, -0.1) is 0 Å². The van der Waals surface area contributed by atoms with Crippen molar-refractivity contribution in [3.63, 3.8) is 0 Å². The zero-order chi connectivity index (χ0) is 18.1. The van der Waals surface area contributed by atoms with Crippen LogP contribution in [0.1, 0.15) is 12.0 Å². The summed E-state index contributed by atoms with van der Waals surface area (Å²) in [5.74, 6) is 0.317. The molecule has 8 heteroatoms. The summed E-state index contributed by atoms with van der Waals surface area (Å²) in [6, 6.07) is 8.95. The van der Waals surface area contributed by atoms with E-state index >= 15 is 0 Å². The predicted octanol–water partition coefficient (Wildman–Crippen LogP) is 0.876. The third-order valence-corrected chi connectivity index (χ3v) is 4.34. The fourth-order valence-corrected chi connectivity index (χ4v) is 3.05. The van der Waals surface area contributed by atoms with Crippen molar-refractivity contribution in [3.05, 3.63) is 65.1 Å². The topological polar surface area (TPSA) is 106 Å². The lowest BCUT2D eigenvalue weighted by Crippen LogP contribution is -2.41. The first-order chi connectivity index (χ1) is 12.7. The van der Waals surface area contributed by atoms with Crippen molar-refractivity contribution < 1.29 is 4.57 Å². The third-order valence-electron chi connectivity index (χ3n) is 4.34. The van der Waals surface area contributed by atoms with E-state index in [1.165, 1.54) is 10.5 Å². The average molecular weight is 346 g/mol. The number of pyridine rings is 2. The number of aromatic nitrogens is 5. The lowest BCUT2D eigenvalue weighted by Gasteiger charge is -2.09. The molecule has 0 aliphatic heterocycles. The summed E-state index contributed by atoms with van der Waals surface area (Å²) in [7, 11) is 0. The number of nitriles is 1. The molecule has 0 amide bonds. The number of rotatable bonds is 4. The molecule has 26 heavy (non-hydrogen) atoms. The summed E-state index contributed by atoms with van der Waals surface area (Å²) in [6.07, 6.45) is 7.77. The van der Waals surface area contributed by atoms with Gasteiger partial charge in [0, 0.05) is 25.1 Å². The maximum atomic E-state index is 12.8. The largest absolute Gasteiger partial charge is 0.337 e. The molecule has 8 nitrogen and oxygen atoms in total.